The molecule has 1 fully saturated rings. The van der Waals surface area contributed by atoms with E-state index >= 15 is 0 Å². The van der Waals surface area contributed by atoms with Crippen LogP contribution in [0.4, 0.5) is 5.82 Å². The Bertz CT molecular complexity index is 850. The lowest BCUT2D eigenvalue weighted by Gasteiger charge is -2.14. The molecule has 1 atom stereocenters. The molecule has 6 nitrogen and oxygen atoms in total. The summed E-state index contributed by atoms with van der Waals surface area (Å²) in [6.07, 6.45) is 3.60. The summed E-state index contributed by atoms with van der Waals surface area (Å²) < 4.78 is 27.8. The summed E-state index contributed by atoms with van der Waals surface area (Å²) in [7, 11) is -3.62. The van der Waals surface area contributed by atoms with Crippen LogP contribution in [0, 0.1) is 12.3 Å². The molecule has 1 aliphatic carbocycles. The highest BCUT2D eigenvalue weighted by atomic mass is 35.5. The Kier molecular flexibility index (Phi) is 3.85. The summed E-state index contributed by atoms with van der Waals surface area (Å²) in [5.74, 6) is 0.704. The van der Waals surface area contributed by atoms with Gasteiger partial charge in [0.25, 0.3) is 0 Å². The second kappa shape index (κ2) is 5.36. The van der Waals surface area contributed by atoms with Crippen LogP contribution in [0.5, 0.6) is 0 Å². The largest absolute Gasteiger partial charge is 0.267 e. The van der Waals surface area contributed by atoms with E-state index in [1.165, 1.54) is 10.9 Å². The fourth-order valence-corrected chi connectivity index (χ4v) is 5.03. The fourth-order valence-electron chi connectivity index (χ4n) is 2.42. The van der Waals surface area contributed by atoms with Gasteiger partial charge < -0.3 is 0 Å². The number of rotatable bonds is 5. The molecule has 3 rings (SSSR count). The second-order valence-electron chi connectivity index (χ2n) is 6.12. The Morgan fingerprint density at radius 2 is 2.04 bits per heavy atom. The van der Waals surface area contributed by atoms with Gasteiger partial charge in [-0.3, -0.25) is 4.72 Å². The number of nitrogens with zero attached hydrogens (tertiary/aromatic N) is 3. The highest BCUT2D eigenvalue weighted by molar-refractivity contribution is 7.92. The van der Waals surface area contributed by atoms with E-state index in [-0.39, 0.29) is 5.75 Å². The third-order valence-corrected chi connectivity index (χ3v) is 6.62. The van der Waals surface area contributed by atoms with Gasteiger partial charge in [0.1, 0.15) is 10.2 Å². The summed E-state index contributed by atoms with van der Waals surface area (Å²) in [5.41, 5.74) is 0.354. The quantitative estimate of drug-likeness (QED) is 0.816. The average Bonchev–Trinajstić information content (AvgIpc) is 2.74. The van der Waals surface area contributed by atoms with Crippen molar-refractivity contribution < 1.29 is 8.42 Å². The lowest BCUT2D eigenvalue weighted by molar-refractivity contribution is 0.569. The van der Waals surface area contributed by atoms with Gasteiger partial charge in [-0.1, -0.05) is 6.92 Å². The van der Waals surface area contributed by atoms with Crippen LogP contribution in [-0.4, -0.2) is 33.3 Å². The van der Waals surface area contributed by atoms with Crippen molar-refractivity contribution in [2.24, 2.45) is 5.41 Å². The van der Waals surface area contributed by atoms with E-state index in [1.54, 1.807) is 19.2 Å². The van der Waals surface area contributed by atoms with E-state index in [9.17, 15) is 8.42 Å². The van der Waals surface area contributed by atoms with Crippen molar-refractivity contribution in [3.05, 3.63) is 36.2 Å². The Labute approximate surface area is 144 Å². The first-order chi connectivity index (χ1) is 10.6. The minimum Gasteiger partial charge on any atom is -0.267 e. The first kappa shape index (κ1) is 16.5. The molecule has 0 aliphatic heterocycles. The van der Waals surface area contributed by atoms with Crippen molar-refractivity contribution in [3.63, 3.8) is 0 Å². The van der Waals surface area contributed by atoms with E-state index in [0.29, 0.717) is 18.1 Å². The van der Waals surface area contributed by atoms with E-state index < -0.39 is 19.8 Å². The summed E-state index contributed by atoms with van der Waals surface area (Å²) in [5, 5.41) is 4.13. The maximum Gasteiger partial charge on any atom is 0.234 e. The molecule has 2 aromatic rings. The van der Waals surface area contributed by atoms with Crippen LogP contribution in [0.15, 0.2) is 30.6 Å². The van der Waals surface area contributed by atoms with Gasteiger partial charge >= 0.3 is 0 Å². The standard InChI is InChI=1S/C14H16Cl2N4O2S/c1-10-3-5-17-12(7-10)20-11(4-6-18-20)19-23(21,22)9-13(2)8-14(13,15)16/h3-7,19H,8-9H2,1-2H3. The third-order valence-electron chi connectivity index (χ3n) is 3.90. The van der Waals surface area contributed by atoms with Crippen LogP contribution in [0.3, 0.4) is 0 Å². The molecule has 0 amide bonds. The zero-order valence-electron chi connectivity index (χ0n) is 12.6. The topological polar surface area (TPSA) is 76.9 Å². The molecule has 1 saturated carbocycles. The average molecular weight is 375 g/mol. The van der Waals surface area contributed by atoms with Crippen LogP contribution in [-0.2, 0) is 10.0 Å². The maximum absolute atomic E-state index is 12.4. The Morgan fingerprint density at radius 3 is 2.65 bits per heavy atom. The minimum atomic E-state index is -3.62. The molecule has 0 saturated heterocycles. The first-order valence-corrected chi connectivity index (χ1v) is 9.38. The zero-order chi connectivity index (χ0) is 16.9. The van der Waals surface area contributed by atoms with Gasteiger partial charge in [-0.2, -0.15) is 9.78 Å². The van der Waals surface area contributed by atoms with E-state index in [2.05, 4.69) is 14.8 Å². The number of anilines is 1. The molecular weight excluding hydrogens is 359 g/mol. The number of pyridine rings is 1. The van der Waals surface area contributed by atoms with Crippen LogP contribution in [0.25, 0.3) is 5.82 Å². The molecule has 0 radical (unpaired) electrons. The van der Waals surface area contributed by atoms with Gasteiger partial charge in [0, 0.05) is 17.7 Å². The molecule has 0 spiro atoms. The predicted molar refractivity (Wildman–Crippen MR) is 90.7 cm³/mol. The van der Waals surface area contributed by atoms with Gasteiger partial charge in [0.05, 0.1) is 11.9 Å². The van der Waals surface area contributed by atoms with Crippen molar-refractivity contribution >= 4 is 39.0 Å². The Hall–Kier alpha value is -1.31. The first-order valence-electron chi connectivity index (χ1n) is 6.97. The summed E-state index contributed by atoms with van der Waals surface area (Å²) >= 11 is 12.1. The highest BCUT2D eigenvalue weighted by Gasteiger charge is 2.64. The number of hydrogen-bond acceptors (Lipinski definition) is 4. The van der Waals surface area contributed by atoms with Gasteiger partial charge in [0.15, 0.2) is 5.82 Å². The molecule has 124 valence electrons. The molecule has 9 heteroatoms. The maximum atomic E-state index is 12.4. The lowest BCUT2D eigenvalue weighted by Crippen LogP contribution is -2.26. The number of hydrogen-bond donors (Lipinski definition) is 1. The lowest BCUT2D eigenvalue weighted by atomic mass is 10.2. The van der Waals surface area contributed by atoms with Crippen molar-refractivity contribution in [2.75, 3.05) is 10.5 Å². The Morgan fingerprint density at radius 1 is 1.35 bits per heavy atom. The highest BCUT2D eigenvalue weighted by Crippen LogP contribution is 2.64. The monoisotopic (exact) mass is 374 g/mol. The second-order valence-corrected chi connectivity index (χ2v) is 9.33. The fraction of sp³-hybridized carbons (Fsp3) is 0.429. The van der Waals surface area contributed by atoms with Gasteiger partial charge in [-0.25, -0.2) is 13.4 Å². The zero-order valence-corrected chi connectivity index (χ0v) is 15.0. The minimum absolute atomic E-state index is 0.153. The van der Waals surface area contributed by atoms with Crippen LogP contribution in [0.1, 0.15) is 18.9 Å². The predicted octanol–water partition coefficient (Wildman–Crippen LogP) is 2.90. The number of aryl methyl sites for hydroxylation is 1. The number of sulfonamides is 1. The van der Waals surface area contributed by atoms with Crippen LogP contribution >= 0.6 is 23.2 Å². The van der Waals surface area contributed by atoms with E-state index in [0.717, 1.165) is 5.56 Å². The van der Waals surface area contributed by atoms with E-state index in [4.69, 9.17) is 23.2 Å². The van der Waals surface area contributed by atoms with Crippen molar-refractivity contribution in [3.8, 4) is 5.82 Å². The molecule has 23 heavy (non-hydrogen) atoms. The molecule has 2 aromatic heterocycles. The summed E-state index contributed by atoms with van der Waals surface area (Å²) in [6, 6.07) is 5.24. The van der Waals surface area contributed by atoms with Crippen molar-refractivity contribution in [1.29, 1.82) is 0 Å². The smallest absolute Gasteiger partial charge is 0.234 e. The molecule has 1 aliphatic rings. The molecule has 2 heterocycles. The Balaban J connectivity index is 1.83. The van der Waals surface area contributed by atoms with Gasteiger partial charge in [-0.05, 0) is 31.0 Å². The number of aromatic nitrogens is 3. The van der Waals surface area contributed by atoms with Crippen molar-refractivity contribution in [1.82, 2.24) is 14.8 Å². The third kappa shape index (κ3) is 3.32. The van der Waals surface area contributed by atoms with Gasteiger partial charge in [0.2, 0.25) is 10.0 Å². The normalized spacial score (nSPS) is 22.8. The molecule has 0 bridgehead atoms. The van der Waals surface area contributed by atoms with Gasteiger partial charge in [-0.15, -0.1) is 23.2 Å². The molecule has 0 aromatic carbocycles. The van der Waals surface area contributed by atoms with Crippen LogP contribution < -0.4 is 4.72 Å². The molecule has 1 unspecified atom stereocenters. The molecular formula is C14H16Cl2N4O2S. The summed E-state index contributed by atoms with van der Waals surface area (Å²) in [4.78, 5) is 4.21. The van der Waals surface area contributed by atoms with E-state index in [1.807, 2.05) is 19.1 Å². The number of halogens is 2. The van der Waals surface area contributed by atoms with Crippen LogP contribution in [0.2, 0.25) is 0 Å². The SMILES string of the molecule is Cc1ccnc(-n2nccc2NS(=O)(=O)CC2(C)CC2(Cl)Cl)c1. The number of nitrogens with one attached hydrogen (secondary N) is 1. The number of alkyl halides is 2. The summed E-state index contributed by atoms with van der Waals surface area (Å²) in [6.45, 7) is 3.68. The van der Waals surface area contributed by atoms with Crippen molar-refractivity contribution in [2.45, 2.75) is 24.6 Å². The molecule has 1 N–H and O–H groups in total.